The number of ketones is 1. The summed E-state index contributed by atoms with van der Waals surface area (Å²) in [6, 6.07) is 10.9. The van der Waals surface area contributed by atoms with E-state index < -0.39 is 0 Å². The number of hydrogen-bond donors (Lipinski definition) is 0. The normalized spacial score (nSPS) is 23.4. The van der Waals surface area contributed by atoms with Gasteiger partial charge >= 0.3 is 0 Å². The summed E-state index contributed by atoms with van der Waals surface area (Å²) in [5.74, 6) is 0.628. The number of aryl methyl sites for hydroxylation is 1. The van der Waals surface area contributed by atoms with Gasteiger partial charge in [-0.3, -0.25) is 4.79 Å². The molecule has 7 heteroatoms. The summed E-state index contributed by atoms with van der Waals surface area (Å²) in [4.78, 5) is 12.9. The highest BCUT2D eigenvalue weighted by atomic mass is 35.5. The van der Waals surface area contributed by atoms with E-state index in [9.17, 15) is 4.79 Å². The molecule has 0 N–H and O–H groups in total. The molecule has 1 saturated carbocycles. The van der Waals surface area contributed by atoms with Crippen LogP contribution in [0.1, 0.15) is 30.4 Å². The summed E-state index contributed by atoms with van der Waals surface area (Å²) < 4.78 is 17.7. The van der Waals surface area contributed by atoms with Crippen LogP contribution in [0.3, 0.4) is 0 Å². The van der Waals surface area contributed by atoms with Gasteiger partial charge in [0.05, 0.1) is 28.7 Å². The van der Waals surface area contributed by atoms with E-state index >= 15 is 0 Å². The van der Waals surface area contributed by atoms with E-state index in [1.165, 1.54) is 6.26 Å². The molecular weight excluding hydrogens is 447 g/mol. The summed E-state index contributed by atoms with van der Waals surface area (Å²) in [5.41, 5.74) is 1.73. The van der Waals surface area contributed by atoms with Crippen molar-refractivity contribution in [3.05, 3.63) is 74.6 Å². The molecule has 158 valence electrons. The Hall–Kier alpha value is -1.72. The molecule has 1 aliphatic carbocycles. The number of ether oxygens (including phenoxy) is 3. The minimum Gasteiger partial charge on any atom is -0.493 e. The molecule has 3 atom stereocenters. The van der Waals surface area contributed by atoms with Crippen molar-refractivity contribution in [1.29, 1.82) is 0 Å². The van der Waals surface area contributed by atoms with Crippen LogP contribution in [0, 0.1) is 12.8 Å². The van der Waals surface area contributed by atoms with Gasteiger partial charge < -0.3 is 14.2 Å². The first-order valence-corrected chi connectivity index (χ1v) is 10.9. The fourth-order valence-corrected chi connectivity index (χ4v) is 4.52. The fraction of sp³-hybridized carbons (Fsp3) is 0.348. The second kappa shape index (κ2) is 9.19. The summed E-state index contributed by atoms with van der Waals surface area (Å²) in [7, 11) is 0. The third-order valence-electron chi connectivity index (χ3n) is 5.49. The first-order valence-electron chi connectivity index (χ1n) is 9.80. The molecule has 0 bridgehead atoms. The van der Waals surface area contributed by atoms with Crippen molar-refractivity contribution >= 4 is 40.6 Å². The van der Waals surface area contributed by atoms with Crippen LogP contribution >= 0.6 is 34.8 Å². The number of Topliss-reactive ketones (excluding diaryl/α,β-unsaturated/α-hetero) is 1. The molecule has 3 unspecified atom stereocenters. The van der Waals surface area contributed by atoms with E-state index in [-0.39, 0.29) is 36.3 Å². The molecule has 1 aliphatic heterocycles. The van der Waals surface area contributed by atoms with Gasteiger partial charge in [-0.2, -0.15) is 0 Å². The minimum atomic E-state index is -0.230. The van der Waals surface area contributed by atoms with Crippen LogP contribution in [0.15, 0.2) is 48.4 Å². The summed E-state index contributed by atoms with van der Waals surface area (Å²) >= 11 is 18.6. The lowest BCUT2D eigenvalue weighted by Crippen LogP contribution is -2.42. The molecule has 4 rings (SSSR count). The molecule has 1 heterocycles. The molecule has 0 aromatic heterocycles. The second-order valence-electron chi connectivity index (χ2n) is 7.61. The van der Waals surface area contributed by atoms with Crippen molar-refractivity contribution in [2.24, 2.45) is 5.92 Å². The van der Waals surface area contributed by atoms with Gasteiger partial charge in [0, 0.05) is 17.0 Å². The lowest BCUT2D eigenvalue weighted by atomic mass is 9.80. The van der Waals surface area contributed by atoms with E-state index in [2.05, 4.69) is 0 Å². The summed E-state index contributed by atoms with van der Waals surface area (Å²) in [6.45, 7) is 2.23. The summed E-state index contributed by atoms with van der Waals surface area (Å²) in [6.07, 6.45) is 3.16. The van der Waals surface area contributed by atoms with Crippen molar-refractivity contribution in [2.45, 2.75) is 45.0 Å². The average Bonchev–Trinajstić information content (AvgIpc) is 2.73. The molecule has 0 radical (unpaired) electrons. The monoisotopic (exact) mass is 466 g/mol. The van der Waals surface area contributed by atoms with Crippen LogP contribution in [-0.2, 0) is 20.9 Å². The Morgan fingerprint density at radius 3 is 2.70 bits per heavy atom. The van der Waals surface area contributed by atoms with E-state index in [0.717, 1.165) is 12.0 Å². The molecule has 30 heavy (non-hydrogen) atoms. The van der Waals surface area contributed by atoms with Gasteiger partial charge in [-0.1, -0.05) is 46.9 Å². The van der Waals surface area contributed by atoms with Gasteiger partial charge in [0.2, 0.25) is 11.5 Å². The van der Waals surface area contributed by atoms with Crippen LogP contribution in [0.2, 0.25) is 15.1 Å². The highest BCUT2D eigenvalue weighted by Crippen LogP contribution is 2.37. The smallest absolute Gasteiger partial charge is 0.207 e. The van der Waals surface area contributed by atoms with E-state index in [0.29, 0.717) is 39.2 Å². The quantitative estimate of drug-likeness (QED) is 0.469. The molecular formula is C23H21Cl3O4. The van der Waals surface area contributed by atoms with Crippen molar-refractivity contribution in [2.75, 3.05) is 0 Å². The number of carbonyl (C=O) groups excluding carboxylic acids is 1. The predicted octanol–water partition coefficient (Wildman–Crippen LogP) is 6.53. The highest BCUT2D eigenvalue weighted by molar-refractivity contribution is 6.44. The molecule has 2 aliphatic rings. The van der Waals surface area contributed by atoms with E-state index in [1.54, 1.807) is 12.1 Å². The van der Waals surface area contributed by atoms with Crippen molar-refractivity contribution in [1.82, 2.24) is 0 Å². The topological polar surface area (TPSA) is 44.8 Å². The third-order valence-corrected chi connectivity index (χ3v) is 6.69. The molecule has 1 fully saturated rings. The molecule has 0 saturated heterocycles. The van der Waals surface area contributed by atoms with Crippen LogP contribution in [0.5, 0.6) is 5.75 Å². The molecule has 2 aromatic carbocycles. The van der Waals surface area contributed by atoms with Crippen molar-refractivity contribution in [3.8, 4) is 5.75 Å². The maximum absolute atomic E-state index is 12.9. The lowest BCUT2D eigenvalue weighted by molar-refractivity contribution is -0.134. The Bertz CT molecular complexity index is 988. The Morgan fingerprint density at radius 2 is 1.90 bits per heavy atom. The van der Waals surface area contributed by atoms with Gasteiger partial charge in [-0.15, -0.1) is 0 Å². The zero-order chi connectivity index (χ0) is 21.3. The average molecular weight is 468 g/mol. The van der Waals surface area contributed by atoms with Gasteiger partial charge in [-0.25, -0.2) is 0 Å². The molecule has 0 spiro atoms. The number of fused-ring (bicyclic) bond motifs is 1. The minimum absolute atomic E-state index is 0.0212. The van der Waals surface area contributed by atoms with Crippen LogP contribution in [-0.4, -0.2) is 18.0 Å². The van der Waals surface area contributed by atoms with Crippen LogP contribution in [0.4, 0.5) is 0 Å². The number of benzene rings is 2. The number of rotatable bonds is 5. The Kier molecular flexibility index (Phi) is 6.59. The maximum Gasteiger partial charge on any atom is 0.207 e. The van der Waals surface area contributed by atoms with Gasteiger partial charge in [0.25, 0.3) is 0 Å². The first kappa shape index (κ1) is 21.5. The SMILES string of the molecule is Cc1cccc(OC2=COC3CC(OCc4c(Cl)ccc(Cl)c4Cl)CCC3C2=O)c1. The highest BCUT2D eigenvalue weighted by Gasteiger charge is 2.41. The largest absolute Gasteiger partial charge is 0.493 e. The Balaban J connectivity index is 1.38. The van der Waals surface area contributed by atoms with Crippen LogP contribution < -0.4 is 4.74 Å². The number of halogens is 3. The van der Waals surface area contributed by atoms with Gasteiger partial charge in [0.15, 0.2) is 0 Å². The zero-order valence-corrected chi connectivity index (χ0v) is 18.6. The molecule has 4 nitrogen and oxygen atoms in total. The van der Waals surface area contributed by atoms with Crippen molar-refractivity contribution < 1.29 is 19.0 Å². The second-order valence-corrected chi connectivity index (χ2v) is 8.81. The van der Waals surface area contributed by atoms with E-state index in [1.807, 2.05) is 31.2 Å². The first-order chi connectivity index (χ1) is 14.4. The van der Waals surface area contributed by atoms with Crippen molar-refractivity contribution in [3.63, 3.8) is 0 Å². The number of hydrogen-bond acceptors (Lipinski definition) is 4. The molecule has 2 aromatic rings. The standard InChI is InChI=1S/C23H21Cl3O4/c1-13-3-2-4-15(9-13)30-21-12-29-20-10-14(5-6-16(20)23(21)27)28-11-17-18(24)7-8-19(25)22(17)26/h2-4,7-9,12,14,16,20H,5-6,10-11H2,1H3. The summed E-state index contributed by atoms with van der Waals surface area (Å²) in [5, 5.41) is 1.36. The van der Waals surface area contributed by atoms with Gasteiger partial charge in [0.1, 0.15) is 18.1 Å². The Labute approximate surface area is 190 Å². The van der Waals surface area contributed by atoms with Gasteiger partial charge in [-0.05, 0) is 49.6 Å². The zero-order valence-electron chi connectivity index (χ0n) is 16.4. The third kappa shape index (κ3) is 4.62. The Morgan fingerprint density at radius 1 is 1.10 bits per heavy atom. The predicted molar refractivity (Wildman–Crippen MR) is 117 cm³/mol. The number of carbonyl (C=O) groups is 1. The fourth-order valence-electron chi connectivity index (χ4n) is 3.87. The van der Waals surface area contributed by atoms with E-state index in [4.69, 9.17) is 49.0 Å². The van der Waals surface area contributed by atoms with Crippen LogP contribution in [0.25, 0.3) is 0 Å². The lowest BCUT2D eigenvalue weighted by Gasteiger charge is -2.37. The maximum atomic E-state index is 12.9. The number of allylic oxidation sites excluding steroid dienone is 1. The molecule has 0 amide bonds.